The third kappa shape index (κ3) is 4.34. The first-order valence-corrected chi connectivity index (χ1v) is 8.02. The Labute approximate surface area is 134 Å². The van der Waals surface area contributed by atoms with Gasteiger partial charge in [0.15, 0.2) is 0 Å². The van der Waals surface area contributed by atoms with Crippen LogP contribution in [0.3, 0.4) is 0 Å². The number of nitrogens with zero attached hydrogens (tertiary/aromatic N) is 3. The minimum Gasteiger partial charge on any atom is -0.338 e. The van der Waals surface area contributed by atoms with Crippen LogP contribution in [0.2, 0.25) is 0 Å². The zero-order chi connectivity index (χ0) is 15.8. The first-order chi connectivity index (χ1) is 10.7. The summed E-state index contributed by atoms with van der Waals surface area (Å²) in [5.41, 5.74) is 1.62. The second-order valence-corrected chi connectivity index (χ2v) is 5.61. The van der Waals surface area contributed by atoms with Gasteiger partial charge in [0, 0.05) is 19.3 Å². The molecule has 1 heterocycles. The minimum atomic E-state index is 0.0471. The summed E-state index contributed by atoms with van der Waals surface area (Å²) < 4.78 is 0. The van der Waals surface area contributed by atoms with Crippen LogP contribution < -0.4 is 0 Å². The number of hydrogen-bond acceptors (Lipinski definition) is 4. The molecule has 0 radical (unpaired) electrons. The summed E-state index contributed by atoms with van der Waals surface area (Å²) in [5.74, 6) is 0.331. The summed E-state index contributed by atoms with van der Waals surface area (Å²) in [7, 11) is 0. The van der Waals surface area contributed by atoms with Gasteiger partial charge in [-0.1, -0.05) is 42.1 Å². The quantitative estimate of drug-likeness (QED) is 0.769. The molecular weight excluding hydrogens is 294 g/mol. The van der Waals surface area contributed by atoms with Crippen LogP contribution >= 0.6 is 11.8 Å². The topological polar surface area (TPSA) is 57.0 Å². The number of nitriles is 1. The van der Waals surface area contributed by atoms with Crippen LogP contribution in [-0.2, 0) is 11.3 Å². The Hall–Kier alpha value is -2.32. The minimum absolute atomic E-state index is 0.0471. The Morgan fingerprint density at radius 2 is 2.05 bits per heavy atom. The number of amides is 1. The van der Waals surface area contributed by atoms with Crippen molar-refractivity contribution in [2.45, 2.75) is 18.5 Å². The molecular formula is C17H17N3OS. The Morgan fingerprint density at radius 3 is 2.73 bits per heavy atom. The molecule has 0 N–H and O–H groups in total. The molecule has 0 spiro atoms. The molecule has 1 amide bonds. The summed E-state index contributed by atoms with van der Waals surface area (Å²) in [5, 5.41) is 9.64. The molecule has 0 aliphatic rings. The van der Waals surface area contributed by atoms with E-state index in [9.17, 15) is 4.79 Å². The Kier molecular flexibility index (Phi) is 5.99. The molecule has 0 saturated carbocycles. The molecule has 0 aliphatic carbocycles. The molecule has 2 rings (SSSR count). The molecule has 0 bridgehead atoms. The molecule has 0 fully saturated rings. The fourth-order valence-corrected chi connectivity index (χ4v) is 2.84. The van der Waals surface area contributed by atoms with Gasteiger partial charge < -0.3 is 4.90 Å². The Morgan fingerprint density at radius 1 is 1.27 bits per heavy atom. The van der Waals surface area contributed by atoms with E-state index in [1.54, 1.807) is 23.2 Å². The fourth-order valence-electron chi connectivity index (χ4n) is 1.99. The van der Waals surface area contributed by atoms with Gasteiger partial charge in [0.1, 0.15) is 11.1 Å². The number of aromatic nitrogens is 1. The second kappa shape index (κ2) is 8.20. The first-order valence-electron chi connectivity index (χ1n) is 7.04. The van der Waals surface area contributed by atoms with Crippen molar-refractivity contribution in [3.05, 3.63) is 59.8 Å². The zero-order valence-corrected chi connectivity index (χ0v) is 13.2. The summed E-state index contributed by atoms with van der Waals surface area (Å²) in [6.07, 6.45) is 1.63. The van der Waals surface area contributed by atoms with Crippen molar-refractivity contribution in [3.63, 3.8) is 0 Å². The van der Waals surface area contributed by atoms with Gasteiger partial charge in [0.25, 0.3) is 0 Å². The molecule has 0 unspecified atom stereocenters. The smallest absolute Gasteiger partial charge is 0.233 e. The van der Waals surface area contributed by atoms with Crippen LogP contribution in [0.25, 0.3) is 0 Å². The summed E-state index contributed by atoms with van der Waals surface area (Å²) in [6, 6.07) is 15.4. The molecule has 0 aliphatic heterocycles. The van der Waals surface area contributed by atoms with Crippen molar-refractivity contribution in [2.75, 3.05) is 12.3 Å². The van der Waals surface area contributed by atoms with E-state index < -0.39 is 0 Å². The second-order valence-electron chi connectivity index (χ2n) is 4.65. The van der Waals surface area contributed by atoms with Crippen LogP contribution in [0, 0.1) is 11.3 Å². The van der Waals surface area contributed by atoms with Gasteiger partial charge in [-0.25, -0.2) is 4.98 Å². The molecule has 112 valence electrons. The van der Waals surface area contributed by atoms with Crippen molar-refractivity contribution >= 4 is 17.7 Å². The predicted molar refractivity (Wildman–Crippen MR) is 87.2 cm³/mol. The lowest BCUT2D eigenvalue weighted by Gasteiger charge is -2.20. The van der Waals surface area contributed by atoms with Crippen LogP contribution in [0.5, 0.6) is 0 Å². The molecule has 2 aromatic rings. The third-order valence-electron chi connectivity index (χ3n) is 3.17. The number of carbonyl (C=O) groups excluding carboxylic acids is 1. The maximum atomic E-state index is 12.3. The number of rotatable bonds is 6. The highest BCUT2D eigenvalue weighted by atomic mass is 32.2. The lowest BCUT2D eigenvalue weighted by Crippen LogP contribution is -2.31. The highest BCUT2D eigenvalue weighted by Crippen LogP contribution is 2.20. The molecule has 4 nitrogen and oxygen atoms in total. The number of thioether (sulfide) groups is 1. The fraction of sp³-hybridized carbons (Fsp3) is 0.235. The SMILES string of the molecule is CCN(Cc1ccccc1)C(=O)CSc1ncccc1C#N. The molecule has 0 saturated heterocycles. The van der Waals surface area contributed by atoms with E-state index in [4.69, 9.17) is 5.26 Å². The van der Waals surface area contributed by atoms with Gasteiger partial charge in [0.05, 0.1) is 11.3 Å². The summed E-state index contributed by atoms with van der Waals surface area (Å²) >= 11 is 1.31. The lowest BCUT2D eigenvalue weighted by molar-refractivity contribution is -0.128. The van der Waals surface area contributed by atoms with Crippen LogP contribution in [0.4, 0.5) is 0 Å². The van der Waals surface area contributed by atoms with E-state index in [0.717, 1.165) is 5.56 Å². The van der Waals surface area contributed by atoms with E-state index in [1.807, 2.05) is 37.3 Å². The predicted octanol–water partition coefficient (Wildman–Crippen LogP) is 3.09. The first kappa shape index (κ1) is 16.1. The van der Waals surface area contributed by atoms with Gasteiger partial charge in [-0.05, 0) is 24.6 Å². The van der Waals surface area contributed by atoms with Gasteiger partial charge in [-0.2, -0.15) is 5.26 Å². The third-order valence-corrected chi connectivity index (χ3v) is 4.16. The highest BCUT2D eigenvalue weighted by molar-refractivity contribution is 7.99. The number of hydrogen-bond donors (Lipinski definition) is 0. The van der Waals surface area contributed by atoms with Crippen molar-refractivity contribution in [1.29, 1.82) is 5.26 Å². The molecule has 0 atom stereocenters. The average Bonchev–Trinajstić information content (AvgIpc) is 2.58. The van der Waals surface area contributed by atoms with Crippen molar-refractivity contribution < 1.29 is 4.79 Å². The Bertz CT molecular complexity index is 667. The average molecular weight is 311 g/mol. The lowest BCUT2D eigenvalue weighted by atomic mass is 10.2. The van der Waals surface area contributed by atoms with Crippen molar-refractivity contribution in [3.8, 4) is 6.07 Å². The zero-order valence-electron chi connectivity index (χ0n) is 12.4. The molecule has 5 heteroatoms. The normalized spacial score (nSPS) is 10.0. The van der Waals surface area contributed by atoms with E-state index >= 15 is 0 Å². The van der Waals surface area contributed by atoms with Crippen LogP contribution in [-0.4, -0.2) is 28.1 Å². The maximum absolute atomic E-state index is 12.3. The van der Waals surface area contributed by atoms with E-state index in [2.05, 4.69) is 11.1 Å². The van der Waals surface area contributed by atoms with Crippen LogP contribution in [0.15, 0.2) is 53.7 Å². The van der Waals surface area contributed by atoms with Gasteiger partial charge in [-0.15, -0.1) is 0 Å². The number of pyridine rings is 1. The van der Waals surface area contributed by atoms with E-state index in [0.29, 0.717) is 23.7 Å². The highest BCUT2D eigenvalue weighted by Gasteiger charge is 2.14. The number of carbonyl (C=O) groups is 1. The monoisotopic (exact) mass is 311 g/mol. The summed E-state index contributed by atoms with van der Waals surface area (Å²) in [6.45, 7) is 3.22. The molecule has 1 aromatic carbocycles. The van der Waals surface area contributed by atoms with E-state index in [1.165, 1.54) is 11.8 Å². The van der Waals surface area contributed by atoms with Crippen LogP contribution in [0.1, 0.15) is 18.1 Å². The van der Waals surface area contributed by atoms with E-state index in [-0.39, 0.29) is 11.7 Å². The molecule has 22 heavy (non-hydrogen) atoms. The van der Waals surface area contributed by atoms with Crippen molar-refractivity contribution in [1.82, 2.24) is 9.88 Å². The standard InChI is InChI=1S/C17H17N3OS/c1-2-20(12-14-7-4-3-5-8-14)16(21)13-22-17-15(11-18)9-6-10-19-17/h3-10H,2,12-13H2,1H3. The Balaban J connectivity index is 1.97. The summed E-state index contributed by atoms with van der Waals surface area (Å²) in [4.78, 5) is 18.3. The van der Waals surface area contributed by atoms with Gasteiger partial charge >= 0.3 is 0 Å². The van der Waals surface area contributed by atoms with Gasteiger partial charge in [0.2, 0.25) is 5.91 Å². The maximum Gasteiger partial charge on any atom is 0.233 e. The van der Waals surface area contributed by atoms with Crippen molar-refractivity contribution in [2.24, 2.45) is 0 Å². The molecule has 1 aromatic heterocycles. The number of benzene rings is 1. The van der Waals surface area contributed by atoms with Gasteiger partial charge in [-0.3, -0.25) is 4.79 Å². The largest absolute Gasteiger partial charge is 0.338 e.